The first-order chi connectivity index (χ1) is 58.9. The van der Waals surface area contributed by atoms with Crippen LogP contribution in [0.25, 0.3) is 0 Å². The highest BCUT2D eigenvalue weighted by molar-refractivity contribution is 5.93. The van der Waals surface area contributed by atoms with Crippen molar-refractivity contribution in [3.8, 4) is 0 Å². The number of esters is 6. The number of ether oxygens (including phenoxy) is 7. The van der Waals surface area contributed by atoms with Gasteiger partial charge >= 0.3 is 35.8 Å². The fourth-order valence-corrected chi connectivity index (χ4v) is 15.3. The fraction of sp³-hybridized carbons (Fsp3) is 0.745. The van der Waals surface area contributed by atoms with E-state index in [9.17, 15) is 28.8 Å². The van der Waals surface area contributed by atoms with E-state index in [4.69, 9.17) is 37.6 Å². The van der Waals surface area contributed by atoms with Gasteiger partial charge in [-0.05, 0) is 265 Å². The zero-order valence-corrected chi connectivity index (χ0v) is 83.8. The molecule has 710 valence electrons. The Morgan fingerprint density at radius 1 is 0.290 bits per heavy atom. The van der Waals surface area contributed by atoms with Crippen molar-refractivity contribution >= 4 is 35.8 Å². The second-order valence-corrected chi connectivity index (χ2v) is 40.2. The van der Waals surface area contributed by atoms with Crippen molar-refractivity contribution in [3.05, 3.63) is 129 Å². The lowest BCUT2D eigenvalue weighted by Gasteiger charge is -2.17. The molecule has 0 bridgehead atoms. The van der Waals surface area contributed by atoms with Crippen LogP contribution in [-0.4, -0.2) is 87.7 Å². The summed E-state index contributed by atoms with van der Waals surface area (Å²) in [7, 11) is 0. The minimum absolute atomic E-state index is 0.0172. The molecule has 1 saturated heterocycles. The fourth-order valence-electron chi connectivity index (χ4n) is 15.3. The number of rotatable bonds is 66. The maximum atomic E-state index is 12.5. The van der Waals surface area contributed by atoms with Crippen molar-refractivity contribution in [2.24, 2.45) is 71.0 Å². The molecule has 10 atom stereocenters. The SMILES string of the molecule is CC(C)=CCC/C(C)=C/CC/C(C)=C/COC(=O)c1ccc(C(=O)OC/C=C(\C)CC/C=C(\C)CCC=C(C)C)o1.CC(C)CCCC(C)CCCC(C)CCOC(=O)C1CCC(C(=O)OCCC(C)CCCC(C)CCCC(C)C)O1.CC(C)CCCC(C)CCCC(C)CCOC(=O)c1ccc(C(=O)OCCC(C)CCCC(C)CCCC(C)C)cc1. The highest BCUT2D eigenvalue weighted by Crippen LogP contribution is 2.28. The molecule has 2 aromatic rings. The molecular weight excluding hydrogens is 1550 g/mol. The first-order valence-corrected chi connectivity index (χ1v) is 49.7. The van der Waals surface area contributed by atoms with Gasteiger partial charge in [0.05, 0.1) is 37.6 Å². The summed E-state index contributed by atoms with van der Waals surface area (Å²) in [6.45, 7) is 55.7. The molecule has 10 unspecified atom stereocenters. The maximum Gasteiger partial charge on any atom is 0.374 e. The number of allylic oxidation sites excluding steroid dienone is 10. The van der Waals surface area contributed by atoms with Crippen LogP contribution in [0.15, 0.2) is 111 Å². The van der Waals surface area contributed by atoms with E-state index >= 15 is 0 Å². The molecule has 1 fully saturated rings. The number of hydrogen-bond donors (Lipinski definition) is 0. The Hall–Kier alpha value is -6.28. The van der Waals surface area contributed by atoms with Gasteiger partial charge in [0.15, 0.2) is 12.2 Å². The number of carbonyl (C=O) groups excluding carboxylic acids is 6. The highest BCUT2D eigenvalue weighted by atomic mass is 16.6. The molecule has 2 heterocycles. The van der Waals surface area contributed by atoms with Gasteiger partial charge in [-0.25, -0.2) is 28.8 Å². The molecule has 14 nitrogen and oxygen atoms in total. The zero-order chi connectivity index (χ0) is 92.6. The molecule has 14 heteroatoms. The van der Waals surface area contributed by atoms with E-state index in [1.807, 2.05) is 26.0 Å². The Labute approximate surface area is 759 Å². The minimum atomic E-state index is -0.643. The van der Waals surface area contributed by atoms with Crippen molar-refractivity contribution in [1.29, 1.82) is 0 Å². The van der Waals surface area contributed by atoms with E-state index in [1.54, 1.807) is 24.3 Å². The molecule has 1 aromatic heterocycles. The monoisotopic (exact) mass is 1730 g/mol. The normalized spacial score (nSPS) is 15.8. The average Bonchev–Trinajstić information content (AvgIpc) is 1.26. The van der Waals surface area contributed by atoms with Crippen molar-refractivity contribution < 1.29 is 66.3 Å². The first kappa shape index (κ1) is 116. The van der Waals surface area contributed by atoms with Gasteiger partial charge in [0.1, 0.15) is 13.2 Å². The summed E-state index contributed by atoms with van der Waals surface area (Å²) in [5.41, 5.74) is 8.75. The summed E-state index contributed by atoms with van der Waals surface area (Å²) in [5.74, 6) is 5.98. The molecule has 1 aromatic carbocycles. The number of carbonyl (C=O) groups is 6. The number of benzene rings is 1. The van der Waals surface area contributed by atoms with Crippen molar-refractivity contribution in [3.63, 3.8) is 0 Å². The summed E-state index contributed by atoms with van der Waals surface area (Å²) in [6.07, 6.45) is 55.0. The maximum absolute atomic E-state index is 12.5. The summed E-state index contributed by atoms with van der Waals surface area (Å²) in [5, 5.41) is 0. The standard InChI is InChI=1S/C38H66O4.C36H68O5.C36H52O5/c1-29(2)13-9-15-31(5)17-11-19-33(7)25-27-41-37(39)35-21-23-36(24-22-35)38(40)42-28-26-34(8)20-12-18-32(6)16-10-14-30(3)4;2*1-27(2)13-9-15-29(5)17-11-19-31(7)23-25-39-35(37)33-21-22-34(41-33)36(38)40-26-24-32(8)20-12-18-30(6)16-10-14-28(3)4/h21-24,29-34H,9-20,25-28H2,1-8H3;27-34H,9-26H2,1-8H3;13-14,17-18,21-24H,9-12,15-16,19-20,25-26H2,1-8H3/b;;29-17+,30-18+,31-23+,32-24+. The van der Waals surface area contributed by atoms with Gasteiger partial charge in [-0.3, -0.25) is 0 Å². The van der Waals surface area contributed by atoms with Crippen LogP contribution in [0.3, 0.4) is 0 Å². The van der Waals surface area contributed by atoms with Gasteiger partial charge in [0, 0.05) is 0 Å². The van der Waals surface area contributed by atoms with E-state index in [0.29, 0.717) is 74.1 Å². The molecule has 1 aliphatic heterocycles. The highest BCUT2D eigenvalue weighted by Gasteiger charge is 2.37. The van der Waals surface area contributed by atoms with Crippen LogP contribution in [-0.2, 0) is 42.7 Å². The largest absolute Gasteiger partial charge is 0.464 e. The average molecular weight is 1730 g/mol. The van der Waals surface area contributed by atoms with Crippen LogP contribution in [0.4, 0.5) is 0 Å². The molecule has 0 N–H and O–H groups in total. The van der Waals surface area contributed by atoms with E-state index in [2.05, 4.69) is 177 Å². The van der Waals surface area contributed by atoms with E-state index in [0.717, 1.165) is 136 Å². The summed E-state index contributed by atoms with van der Waals surface area (Å²) in [6, 6.07) is 9.52. The third-order valence-corrected chi connectivity index (χ3v) is 24.3. The Balaban J connectivity index is 0.000000930. The lowest BCUT2D eigenvalue weighted by molar-refractivity contribution is -0.165. The lowest BCUT2D eigenvalue weighted by atomic mass is 9.93. The molecule has 0 aliphatic carbocycles. The summed E-state index contributed by atoms with van der Waals surface area (Å²) < 4.78 is 43.7. The number of hydrogen-bond acceptors (Lipinski definition) is 14. The summed E-state index contributed by atoms with van der Waals surface area (Å²) >= 11 is 0. The minimum Gasteiger partial charge on any atom is -0.464 e. The molecule has 124 heavy (non-hydrogen) atoms. The second kappa shape index (κ2) is 71.6. The summed E-state index contributed by atoms with van der Waals surface area (Å²) in [4.78, 5) is 74.6. The van der Waals surface area contributed by atoms with Crippen LogP contribution in [0.5, 0.6) is 0 Å². The van der Waals surface area contributed by atoms with Gasteiger partial charge in [-0.2, -0.15) is 0 Å². The van der Waals surface area contributed by atoms with E-state index in [-0.39, 0.29) is 48.6 Å². The van der Waals surface area contributed by atoms with Crippen molar-refractivity contribution in [2.75, 3.05) is 39.6 Å². The van der Waals surface area contributed by atoms with Crippen LogP contribution >= 0.6 is 0 Å². The van der Waals surface area contributed by atoms with Crippen LogP contribution < -0.4 is 0 Å². The molecular formula is C110H186O14. The molecule has 0 saturated carbocycles. The van der Waals surface area contributed by atoms with E-state index in [1.165, 1.54) is 189 Å². The Bertz CT molecular complexity index is 3110. The third kappa shape index (κ3) is 64.5. The van der Waals surface area contributed by atoms with Crippen LogP contribution in [0.1, 0.15) is 452 Å². The zero-order valence-electron chi connectivity index (χ0n) is 83.8. The lowest BCUT2D eigenvalue weighted by Crippen LogP contribution is -2.28. The van der Waals surface area contributed by atoms with E-state index < -0.39 is 24.1 Å². The molecule has 3 rings (SSSR count). The predicted molar refractivity (Wildman–Crippen MR) is 519 cm³/mol. The van der Waals surface area contributed by atoms with Crippen LogP contribution in [0.2, 0.25) is 0 Å². The Morgan fingerprint density at radius 2 is 0.524 bits per heavy atom. The molecule has 1 aliphatic rings. The van der Waals surface area contributed by atoms with Crippen LogP contribution in [0, 0.1) is 71.0 Å². The number of furan rings is 1. The molecule has 0 amide bonds. The van der Waals surface area contributed by atoms with Gasteiger partial charge in [-0.1, -0.05) is 323 Å². The Morgan fingerprint density at radius 3 is 0.782 bits per heavy atom. The first-order valence-electron chi connectivity index (χ1n) is 49.7. The quantitative estimate of drug-likeness (QED) is 0.0347. The smallest absolute Gasteiger partial charge is 0.374 e. The second-order valence-electron chi connectivity index (χ2n) is 40.2. The Kier molecular flexibility index (Phi) is 66.9. The topological polar surface area (TPSA) is 180 Å². The van der Waals surface area contributed by atoms with Crippen molar-refractivity contribution in [2.45, 2.75) is 422 Å². The molecule has 0 spiro atoms. The third-order valence-electron chi connectivity index (χ3n) is 24.3. The van der Waals surface area contributed by atoms with Gasteiger partial charge in [0.25, 0.3) is 0 Å². The van der Waals surface area contributed by atoms with Gasteiger partial charge in [-0.15, -0.1) is 0 Å². The van der Waals surface area contributed by atoms with Gasteiger partial charge in [0.2, 0.25) is 11.5 Å². The van der Waals surface area contributed by atoms with Gasteiger partial charge < -0.3 is 37.6 Å². The predicted octanol–water partition coefficient (Wildman–Crippen LogP) is 31.7. The molecule has 0 radical (unpaired) electrons. The van der Waals surface area contributed by atoms with Crippen molar-refractivity contribution in [1.82, 2.24) is 0 Å².